The Balaban J connectivity index is 2.04. The van der Waals surface area contributed by atoms with E-state index in [9.17, 15) is 4.79 Å². The molecule has 0 aliphatic carbocycles. The van der Waals surface area contributed by atoms with Crippen LogP contribution in [0.5, 0.6) is 0 Å². The molecule has 1 aromatic carbocycles. The topological polar surface area (TPSA) is 42.0 Å². The second kappa shape index (κ2) is 6.92. The van der Waals surface area contributed by atoms with Crippen LogP contribution in [0.15, 0.2) is 36.4 Å². The SMILES string of the molecule is Cc1cc(C(=O)NC(C)Cc2ccccc2Cl)cc(Cl)n1. The fraction of sp³-hybridized carbons (Fsp3) is 0.250. The summed E-state index contributed by atoms with van der Waals surface area (Å²) in [6, 6.07) is 10.9. The number of hydrogen-bond acceptors (Lipinski definition) is 2. The Labute approximate surface area is 134 Å². The van der Waals surface area contributed by atoms with Crippen molar-refractivity contribution in [3.8, 4) is 0 Å². The molecule has 0 spiro atoms. The number of amides is 1. The summed E-state index contributed by atoms with van der Waals surface area (Å²) in [5, 5.41) is 3.97. The number of nitrogens with one attached hydrogen (secondary N) is 1. The van der Waals surface area contributed by atoms with Crippen LogP contribution in [0.4, 0.5) is 0 Å². The first-order valence-corrected chi connectivity index (χ1v) is 7.40. The highest BCUT2D eigenvalue weighted by Gasteiger charge is 2.13. The normalized spacial score (nSPS) is 12.0. The Morgan fingerprint density at radius 1 is 1.29 bits per heavy atom. The van der Waals surface area contributed by atoms with Crippen LogP contribution in [-0.2, 0) is 6.42 Å². The molecule has 0 saturated heterocycles. The van der Waals surface area contributed by atoms with Crippen LogP contribution in [-0.4, -0.2) is 16.9 Å². The van der Waals surface area contributed by atoms with E-state index in [0.29, 0.717) is 27.9 Å². The number of halogens is 2. The summed E-state index contributed by atoms with van der Waals surface area (Å²) in [5.74, 6) is -0.165. The molecule has 5 heteroatoms. The Kier molecular flexibility index (Phi) is 5.21. The first kappa shape index (κ1) is 15.8. The molecule has 0 bridgehead atoms. The quantitative estimate of drug-likeness (QED) is 0.862. The van der Waals surface area contributed by atoms with Gasteiger partial charge in [-0.25, -0.2) is 4.98 Å². The highest BCUT2D eigenvalue weighted by molar-refractivity contribution is 6.31. The first-order chi connectivity index (χ1) is 9.95. The van der Waals surface area contributed by atoms with Gasteiger partial charge in [0.2, 0.25) is 0 Å². The third-order valence-electron chi connectivity index (χ3n) is 3.05. The number of aromatic nitrogens is 1. The molecular weight excluding hydrogens is 307 g/mol. The number of hydrogen-bond donors (Lipinski definition) is 1. The summed E-state index contributed by atoms with van der Waals surface area (Å²) in [7, 11) is 0. The molecule has 1 heterocycles. The number of pyridine rings is 1. The second-order valence-electron chi connectivity index (χ2n) is 4.99. The highest BCUT2D eigenvalue weighted by Crippen LogP contribution is 2.17. The Morgan fingerprint density at radius 2 is 2.00 bits per heavy atom. The van der Waals surface area contributed by atoms with E-state index in [1.54, 1.807) is 19.1 Å². The molecule has 1 amide bonds. The standard InChI is InChI=1S/C16H16Cl2N2O/c1-10-8-13(9-15(18)19-10)16(21)20-11(2)7-12-5-3-4-6-14(12)17/h3-6,8-9,11H,7H2,1-2H3,(H,20,21). The number of aryl methyl sites for hydroxylation is 1. The molecule has 21 heavy (non-hydrogen) atoms. The Bertz CT molecular complexity index is 638. The largest absolute Gasteiger partial charge is 0.349 e. The summed E-state index contributed by atoms with van der Waals surface area (Å²) in [5.41, 5.74) is 2.24. The molecule has 1 N–H and O–H groups in total. The third-order valence-corrected chi connectivity index (χ3v) is 3.61. The highest BCUT2D eigenvalue weighted by atomic mass is 35.5. The van der Waals surface area contributed by atoms with Gasteiger partial charge in [0.1, 0.15) is 5.15 Å². The maximum Gasteiger partial charge on any atom is 0.251 e. The Hall–Kier alpha value is -1.58. The van der Waals surface area contributed by atoms with Crippen molar-refractivity contribution in [2.75, 3.05) is 0 Å². The van der Waals surface area contributed by atoms with Gasteiger partial charge in [-0.1, -0.05) is 41.4 Å². The van der Waals surface area contributed by atoms with Crippen LogP contribution in [0.3, 0.4) is 0 Å². The van der Waals surface area contributed by atoms with Gasteiger partial charge in [-0.15, -0.1) is 0 Å². The summed E-state index contributed by atoms with van der Waals surface area (Å²) in [6.07, 6.45) is 0.670. The number of nitrogens with zero attached hydrogens (tertiary/aromatic N) is 1. The predicted octanol–water partition coefficient (Wildman–Crippen LogP) is 4.06. The van der Waals surface area contributed by atoms with Crippen LogP contribution < -0.4 is 5.32 Å². The third kappa shape index (κ3) is 4.45. The summed E-state index contributed by atoms with van der Waals surface area (Å²) < 4.78 is 0. The van der Waals surface area contributed by atoms with Crippen molar-refractivity contribution in [2.45, 2.75) is 26.3 Å². The van der Waals surface area contributed by atoms with Crippen molar-refractivity contribution in [2.24, 2.45) is 0 Å². The van der Waals surface area contributed by atoms with Crippen LogP contribution in [0.1, 0.15) is 28.5 Å². The second-order valence-corrected chi connectivity index (χ2v) is 5.78. The lowest BCUT2D eigenvalue weighted by Crippen LogP contribution is -2.34. The van der Waals surface area contributed by atoms with Crippen LogP contribution in [0.2, 0.25) is 10.2 Å². The maximum absolute atomic E-state index is 12.2. The zero-order valence-corrected chi connectivity index (χ0v) is 13.4. The molecule has 1 unspecified atom stereocenters. The average Bonchev–Trinajstić information content (AvgIpc) is 2.40. The molecule has 2 aromatic rings. The number of carbonyl (C=O) groups is 1. The molecule has 1 atom stereocenters. The van der Waals surface area contributed by atoms with Crippen LogP contribution in [0.25, 0.3) is 0 Å². The molecule has 0 radical (unpaired) electrons. The fourth-order valence-electron chi connectivity index (χ4n) is 2.11. The first-order valence-electron chi connectivity index (χ1n) is 6.64. The molecule has 0 aliphatic heterocycles. The van der Waals surface area contributed by atoms with E-state index in [1.807, 2.05) is 31.2 Å². The van der Waals surface area contributed by atoms with Gasteiger partial charge in [0.25, 0.3) is 5.91 Å². The molecule has 1 aromatic heterocycles. The van der Waals surface area contributed by atoms with E-state index in [4.69, 9.17) is 23.2 Å². The van der Waals surface area contributed by atoms with Crippen molar-refractivity contribution in [3.05, 3.63) is 63.4 Å². The molecule has 110 valence electrons. The minimum Gasteiger partial charge on any atom is -0.349 e. The van der Waals surface area contributed by atoms with Gasteiger partial charge in [-0.2, -0.15) is 0 Å². The van der Waals surface area contributed by atoms with Gasteiger partial charge < -0.3 is 5.32 Å². The van der Waals surface area contributed by atoms with Crippen molar-refractivity contribution >= 4 is 29.1 Å². The van der Waals surface area contributed by atoms with E-state index in [0.717, 1.165) is 5.56 Å². The smallest absolute Gasteiger partial charge is 0.251 e. The summed E-state index contributed by atoms with van der Waals surface area (Å²) in [4.78, 5) is 16.2. The summed E-state index contributed by atoms with van der Waals surface area (Å²) >= 11 is 12.0. The zero-order valence-electron chi connectivity index (χ0n) is 11.9. The van der Waals surface area contributed by atoms with Crippen molar-refractivity contribution in [1.82, 2.24) is 10.3 Å². The van der Waals surface area contributed by atoms with E-state index in [1.165, 1.54) is 0 Å². The van der Waals surface area contributed by atoms with Crippen molar-refractivity contribution < 1.29 is 4.79 Å². The van der Waals surface area contributed by atoms with Gasteiger partial charge in [-0.3, -0.25) is 4.79 Å². The predicted molar refractivity (Wildman–Crippen MR) is 86.1 cm³/mol. The number of carbonyl (C=O) groups excluding carboxylic acids is 1. The van der Waals surface area contributed by atoms with Gasteiger partial charge in [0.05, 0.1) is 0 Å². The van der Waals surface area contributed by atoms with Crippen molar-refractivity contribution in [3.63, 3.8) is 0 Å². The maximum atomic E-state index is 12.2. The monoisotopic (exact) mass is 322 g/mol. The van der Waals surface area contributed by atoms with E-state index in [2.05, 4.69) is 10.3 Å². The lowest BCUT2D eigenvalue weighted by molar-refractivity contribution is 0.0940. The Morgan fingerprint density at radius 3 is 2.67 bits per heavy atom. The van der Waals surface area contributed by atoms with Gasteiger partial charge in [0, 0.05) is 22.3 Å². The van der Waals surface area contributed by atoms with E-state index >= 15 is 0 Å². The number of benzene rings is 1. The lowest BCUT2D eigenvalue weighted by Gasteiger charge is -2.15. The van der Waals surface area contributed by atoms with Gasteiger partial charge in [-0.05, 0) is 44.0 Å². The minimum absolute atomic E-state index is 0.0374. The molecule has 0 saturated carbocycles. The molecule has 0 fully saturated rings. The van der Waals surface area contributed by atoms with Gasteiger partial charge in [0.15, 0.2) is 0 Å². The summed E-state index contributed by atoms with van der Waals surface area (Å²) in [6.45, 7) is 3.74. The molecule has 2 rings (SSSR count). The van der Waals surface area contributed by atoms with E-state index in [-0.39, 0.29) is 11.9 Å². The minimum atomic E-state index is -0.165. The lowest BCUT2D eigenvalue weighted by atomic mass is 10.1. The molecular formula is C16H16Cl2N2O. The zero-order chi connectivity index (χ0) is 15.4. The van der Waals surface area contributed by atoms with Gasteiger partial charge >= 0.3 is 0 Å². The average molecular weight is 323 g/mol. The van der Waals surface area contributed by atoms with Crippen molar-refractivity contribution in [1.29, 1.82) is 0 Å². The molecule has 3 nitrogen and oxygen atoms in total. The number of rotatable bonds is 4. The fourth-order valence-corrected chi connectivity index (χ4v) is 2.57. The van der Waals surface area contributed by atoms with Crippen LogP contribution in [0, 0.1) is 6.92 Å². The van der Waals surface area contributed by atoms with Crippen LogP contribution >= 0.6 is 23.2 Å². The van der Waals surface area contributed by atoms with E-state index < -0.39 is 0 Å². The molecule has 0 aliphatic rings.